The fraction of sp³-hybridized carbons (Fsp3) is 0.333. The van der Waals surface area contributed by atoms with Crippen LogP contribution in [0.2, 0.25) is 0 Å². The first-order chi connectivity index (χ1) is 13.3. The SMILES string of the molecule is CC(C)Nc1nc(Nc2cccc3c2OCCO3)nc2[nH]cc(C(F)(F)F)c12. The number of hydrogen-bond acceptors (Lipinski definition) is 6. The number of para-hydroxylation sites is 1. The van der Waals surface area contributed by atoms with E-state index in [2.05, 4.69) is 25.6 Å². The highest BCUT2D eigenvalue weighted by Gasteiger charge is 2.35. The molecule has 0 radical (unpaired) electrons. The smallest absolute Gasteiger partial charge is 0.418 e. The van der Waals surface area contributed by atoms with Gasteiger partial charge in [0.2, 0.25) is 5.95 Å². The average molecular weight is 393 g/mol. The lowest BCUT2D eigenvalue weighted by Gasteiger charge is -2.21. The molecule has 0 saturated carbocycles. The second kappa shape index (κ2) is 6.77. The number of alkyl halides is 3. The van der Waals surface area contributed by atoms with Crippen LogP contribution in [0, 0.1) is 0 Å². The van der Waals surface area contributed by atoms with Crippen LogP contribution < -0.4 is 20.1 Å². The molecule has 0 unspecified atom stereocenters. The average Bonchev–Trinajstić information content (AvgIpc) is 3.06. The topological polar surface area (TPSA) is 84.1 Å². The number of ether oxygens (including phenoxy) is 2. The Morgan fingerprint density at radius 2 is 1.93 bits per heavy atom. The number of halogens is 3. The van der Waals surface area contributed by atoms with Gasteiger partial charge < -0.3 is 25.1 Å². The van der Waals surface area contributed by atoms with Gasteiger partial charge in [-0.1, -0.05) is 6.07 Å². The standard InChI is InChI=1S/C18H18F3N5O2/c1-9(2)23-16-13-10(18(19,20)21)8-22-15(13)25-17(26-16)24-11-4-3-5-12-14(11)28-7-6-27-12/h3-5,8-9H,6-7H2,1-2H3,(H3,22,23,24,25,26). The van der Waals surface area contributed by atoms with Crippen LogP contribution in [0.3, 0.4) is 0 Å². The van der Waals surface area contributed by atoms with Crippen molar-refractivity contribution in [3.63, 3.8) is 0 Å². The molecule has 1 aliphatic rings. The summed E-state index contributed by atoms with van der Waals surface area (Å²) < 4.78 is 51.2. The van der Waals surface area contributed by atoms with E-state index in [-0.39, 0.29) is 28.8 Å². The van der Waals surface area contributed by atoms with Gasteiger partial charge in [0.15, 0.2) is 11.5 Å². The van der Waals surface area contributed by atoms with Gasteiger partial charge in [0, 0.05) is 12.2 Å². The maximum absolute atomic E-state index is 13.4. The molecule has 7 nitrogen and oxygen atoms in total. The van der Waals surface area contributed by atoms with Crippen molar-refractivity contribution in [3.05, 3.63) is 30.0 Å². The van der Waals surface area contributed by atoms with E-state index in [0.717, 1.165) is 6.20 Å². The lowest BCUT2D eigenvalue weighted by atomic mass is 10.2. The molecule has 0 fully saturated rings. The summed E-state index contributed by atoms with van der Waals surface area (Å²) in [5.74, 6) is 1.32. The van der Waals surface area contributed by atoms with Gasteiger partial charge in [-0.3, -0.25) is 0 Å². The number of nitrogens with one attached hydrogen (secondary N) is 3. The highest BCUT2D eigenvalue weighted by atomic mass is 19.4. The number of anilines is 3. The van der Waals surface area contributed by atoms with Crippen LogP contribution in [0.15, 0.2) is 24.4 Å². The molecule has 10 heteroatoms. The predicted octanol–water partition coefficient (Wildman–Crippen LogP) is 4.31. The van der Waals surface area contributed by atoms with Crippen molar-refractivity contribution < 1.29 is 22.6 Å². The molecule has 28 heavy (non-hydrogen) atoms. The van der Waals surface area contributed by atoms with Crippen molar-refractivity contribution in [3.8, 4) is 11.5 Å². The van der Waals surface area contributed by atoms with Crippen molar-refractivity contribution in [1.29, 1.82) is 0 Å². The molecule has 0 atom stereocenters. The van der Waals surface area contributed by atoms with E-state index in [9.17, 15) is 13.2 Å². The van der Waals surface area contributed by atoms with E-state index < -0.39 is 11.7 Å². The van der Waals surface area contributed by atoms with E-state index in [1.807, 2.05) is 13.8 Å². The zero-order valence-electron chi connectivity index (χ0n) is 15.1. The van der Waals surface area contributed by atoms with E-state index in [1.165, 1.54) is 0 Å². The Morgan fingerprint density at radius 3 is 2.68 bits per heavy atom. The van der Waals surface area contributed by atoms with Gasteiger partial charge in [0.1, 0.15) is 24.7 Å². The minimum atomic E-state index is -4.52. The number of rotatable bonds is 4. The molecule has 3 aromatic rings. The quantitative estimate of drug-likeness (QED) is 0.613. The fourth-order valence-corrected chi connectivity index (χ4v) is 2.98. The number of benzene rings is 1. The predicted molar refractivity (Wildman–Crippen MR) is 98.4 cm³/mol. The second-order valence-corrected chi connectivity index (χ2v) is 6.57. The first-order valence-corrected chi connectivity index (χ1v) is 8.71. The number of aromatic amines is 1. The summed E-state index contributed by atoms with van der Waals surface area (Å²) in [6.07, 6.45) is -3.62. The molecule has 0 spiro atoms. The van der Waals surface area contributed by atoms with Crippen LogP contribution >= 0.6 is 0 Å². The molecule has 0 amide bonds. The minimum absolute atomic E-state index is 0.0787. The van der Waals surface area contributed by atoms with Crippen molar-refractivity contribution in [2.75, 3.05) is 23.8 Å². The molecule has 0 bridgehead atoms. The van der Waals surface area contributed by atoms with Gasteiger partial charge in [-0.2, -0.15) is 23.1 Å². The maximum atomic E-state index is 13.4. The third-order valence-corrected chi connectivity index (χ3v) is 4.08. The molecule has 1 aliphatic heterocycles. The first kappa shape index (κ1) is 18.2. The van der Waals surface area contributed by atoms with Crippen LogP contribution in [0.25, 0.3) is 11.0 Å². The number of nitrogens with zero attached hydrogens (tertiary/aromatic N) is 2. The molecule has 0 aliphatic carbocycles. The zero-order chi connectivity index (χ0) is 19.9. The number of hydrogen-bond donors (Lipinski definition) is 3. The highest BCUT2D eigenvalue weighted by Crippen LogP contribution is 2.40. The lowest BCUT2D eigenvalue weighted by molar-refractivity contribution is -0.136. The van der Waals surface area contributed by atoms with Crippen molar-refractivity contribution in [2.24, 2.45) is 0 Å². The summed E-state index contributed by atoms with van der Waals surface area (Å²) in [4.78, 5) is 11.1. The Bertz CT molecular complexity index is 1020. The Labute approximate surface area is 158 Å². The van der Waals surface area contributed by atoms with Gasteiger partial charge in [-0.25, -0.2) is 0 Å². The molecular weight excluding hydrogens is 375 g/mol. The van der Waals surface area contributed by atoms with Crippen LogP contribution in [-0.2, 0) is 6.18 Å². The monoisotopic (exact) mass is 393 g/mol. The van der Waals surface area contributed by atoms with E-state index in [0.29, 0.717) is 30.4 Å². The van der Waals surface area contributed by atoms with Gasteiger partial charge in [0.05, 0.1) is 16.6 Å². The minimum Gasteiger partial charge on any atom is -0.486 e. The maximum Gasteiger partial charge on any atom is 0.418 e. The van der Waals surface area contributed by atoms with Gasteiger partial charge >= 0.3 is 6.18 Å². The molecule has 1 aromatic carbocycles. The Balaban J connectivity index is 1.79. The summed E-state index contributed by atoms with van der Waals surface area (Å²) in [6, 6.07) is 5.18. The normalized spacial score (nSPS) is 13.8. The van der Waals surface area contributed by atoms with Crippen LogP contribution in [0.4, 0.5) is 30.6 Å². The van der Waals surface area contributed by atoms with Crippen molar-refractivity contribution >= 4 is 28.5 Å². The Hall–Kier alpha value is -3.17. The van der Waals surface area contributed by atoms with Gasteiger partial charge in [-0.15, -0.1) is 0 Å². The zero-order valence-corrected chi connectivity index (χ0v) is 15.1. The molecule has 4 rings (SSSR count). The summed E-state index contributed by atoms with van der Waals surface area (Å²) in [7, 11) is 0. The van der Waals surface area contributed by atoms with Crippen LogP contribution in [-0.4, -0.2) is 34.2 Å². The molecule has 3 N–H and O–H groups in total. The van der Waals surface area contributed by atoms with Gasteiger partial charge in [0.25, 0.3) is 0 Å². The fourth-order valence-electron chi connectivity index (χ4n) is 2.98. The molecule has 2 aromatic heterocycles. The molecular formula is C18H18F3N5O2. The van der Waals surface area contributed by atoms with Crippen LogP contribution in [0.1, 0.15) is 19.4 Å². The molecule has 3 heterocycles. The second-order valence-electron chi connectivity index (χ2n) is 6.57. The first-order valence-electron chi connectivity index (χ1n) is 8.71. The highest BCUT2D eigenvalue weighted by molar-refractivity contribution is 5.92. The lowest BCUT2D eigenvalue weighted by Crippen LogP contribution is -2.17. The van der Waals surface area contributed by atoms with Gasteiger partial charge in [-0.05, 0) is 26.0 Å². The summed E-state index contributed by atoms with van der Waals surface area (Å²) in [6.45, 7) is 4.49. The molecule has 0 saturated heterocycles. The van der Waals surface area contributed by atoms with Crippen molar-refractivity contribution in [1.82, 2.24) is 15.0 Å². The number of fused-ring (bicyclic) bond motifs is 2. The van der Waals surface area contributed by atoms with E-state index in [4.69, 9.17) is 9.47 Å². The molecule has 148 valence electrons. The third kappa shape index (κ3) is 3.37. The third-order valence-electron chi connectivity index (χ3n) is 4.08. The van der Waals surface area contributed by atoms with Crippen LogP contribution in [0.5, 0.6) is 11.5 Å². The summed E-state index contributed by atoms with van der Waals surface area (Å²) in [5.41, 5.74) is -0.171. The summed E-state index contributed by atoms with van der Waals surface area (Å²) in [5, 5.41) is 5.89. The summed E-state index contributed by atoms with van der Waals surface area (Å²) >= 11 is 0. The van der Waals surface area contributed by atoms with Crippen molar-refractivity contribution in [2.45, 2.75) is 26.1 Å². The van der Waals surface area contributed by atoms with E-state index >= 15 is 0 Å². The Kier molecular flexibility index (Phi) is 4.40. The Morgan fingerprint density at radius 1 is 1.14 bits per heavy atom. The van der Waals surface area contributed by atoms with E-state index in [1.54, 1.807) is 18.2 Å². The largest absolute Gasteiger partial charge is 0.486 e. The number of aromatic nitrogens is 3. The number of H-pyrrole nitrogens is 1.